The lowest BCUT2D eigenvalue weighted by molar-refractivity contribution is 0.0950. The van der Waals surface area contributed by atoms with Crippen molar-refractivity contribution in [3.63, 3.8) is 0 Å². The van der Waals surface area contributed by atoms with E-state index in [2.05, 4.69) is 18.3 Å². The Kier molecular flexibility index (Phi) is 5.00. The van der Waals surface area contributed by atoms with Crippen LogP contribution in [0.3, 0.4) is 0 Å². The number of hydrogen-bond donors (Lipinski definition) is 2. The van der Waals surface area contributed by atoms with E-state index in [0.29, 0.717) is 12.1 Å². The molecule has 0 spiro atoms. The molecule has 20 heavy (non-hydrogen) atoms. The smallest absolute Gasteiger partial charge is 0.251 e. The van der Waals surface area contributed by atoms with E-state index in [4.69, 9.17) is 0 Å². The topological polar surface area (TPSA) is 49.3 Å². The molecule has 0 bridgehead atoms. The maximum Gasteiger partial charge on any atom is 0.251 e. The quantitative estimate of drug-likeness (QED) is 0.797. The molecule has 0 unspecified atom stereocenters. The number of carbonyl (C=O) groups excluding carboxylic acids is 1. The lowest BCUT2D eigenvalue weighted by atomic mass is 10.1. The Morgan fingerprint density at radius 1 is 1.20 bits per heavy atom. The standard InChI is InChI=1S/C16H16INO2/c1-2-11-5-3-4-6-13(11)10-18-16(20)12-7-8-14(17)15(19)9-12/h3-9,19H,2,10H2,1H3,(H,18,20). The number of nitrogens with one attached hydrogen (secondary N) is 1. The molecule has 2 aromatic carbocycles. The molecule has 2 N–H and O–H groups in total. The Bertz CT molecular complexity index is 626. The summed E-state index contributed by atoms with van der Waals surface area (Å²) in [7, 11) is 0. The van der Waals surface area contributed by atoms with E-state index < -0.39 is 0 Å². The van der Waals surface area contributed by atoms with Crippen LogP contribution in [-0.4, -0.2) is 11.0 Å². The van der Waals surface area contributed by atoms with Gasteiger partial charge in [0, 0.05) is 12.1 Å². The number of amides is 1. The second kappa shape index (κ2) is 6.74. The summed E-state index contributed by atoms with van der Waals surface area (Å²) >= 11 is 2.02. The van der Waals surface area contributed by atoms with Crippen LogP contribution in [0.15, 0.2) is 42.5 Å². The molecule has 0 atom stereocenters. The molecule has 4 heteroatoms. The zero-order valence-electron chi connectivity index (χ0n) is 11.2. The fourth-order valence-corrected chi connectivity index (χ4v) is 2.34. The number of hydrogen-bond acceptors (Lipinski definition) is 2. The number of benzene rings is 2. The van der Waals surface area contributed by atoms with Crippen molar-refractivity contribution in [2.75, 3.05) is 0 Å². The van der Waals surface area contributed by atoms with E-state index in [1.54, 1.807) is 12.1 Å². The van der Waals surface area contributed by atoms with Crippen LogP contribution in [0, 0.1) is 3.57 Å². The van der Waals surface area contributed by atoms with Crippen LogP contribution in [0.4, 0.5) is 0 Å². The first-order chi connectivity index (χ1) is 9.61. The van der Waals surface area contributed by atoms with Crippen molar-refractivity contribution < 1.29 is 9.90 Å². The summed E-state index contributed by atoms with van der Waals surface area (Å²) in [5.41, 5.74) is 2.83. The molecular weight excluding hydrogens is 365 g/mol. The predicted molar refractivity (Wildman–Crippen MR) is 87.8 cm³/mol. The van der Waals surface area contributed by atoms with Crippen molar-refractivity contribution in [2.45, 2.75) is 19.9 Å². The minimum atomic E-state index is -0.178. The van der Waals surface area contributed by atoms with Gasteiger partial charge in [-0.05, 0) is 58.3 Å². The third-order valence-corrected chi connectivity index (χ3v) is 4.06. The maximum absolute atomic E-state index is 12.1. The molecule has 3 nitrogen and oxygen atoms in total. The van der Waals surface area contributed by atoms with Gasteiger partial charge in [0.05, 0.1) is 3.57 Å². The van der Waals surface area contributed by atoms with Gasteiger partial charge in [-0.15, -0.1) is 0 Å². The van der Waals surface area contributed by atoms with Gasteiger partial charge in [-0.3, -0.25) is 4.79 Å². The summed E-state index contributed by atoms with van der Waals surface area (Å²) in [4.78, 5) is 12.1. The minimum absolute atomic E-state index is 0.132. The van der Waals surface area contributed by atoms with Crippen molar-refractivity contribution >= 4 is 28.5 Å². The van der Waals surface area contributed by atoms with E-state index in [1.807, 2.05) is 40.8 Å². The Hall–Kier alpha value is -1.56. The summed E-state index contributed by atoms with van der Waals surface area (Å²) in [6, 6.07) is 13.0. The number of aryl methyl sites for hydroxylation is 1. The van der Waals surface area contributed by atoms with Gasteiger partial charge < -0.3 is 10.4 Å². The van der Waals surface area contributed by atoms with Crippen molar-refractivity contribution in [1.29, 1.82) is 0 Å². The predicted octanol–water partition coefficient (Wildman–Crippen LogP) is 3.49. The fourth-order valence-electron chi connectivity index (χ4n) is 2.01. The molecule has 0 radical (unpaired) electrons. The highest BCUT2D eigenvalue weighted by Gasteiger charge is 2.08. The normalized spacial score (nSPS) is 10.3. The van der Waals surface area contributed by atoms with Gasteiger partial charge in [0.2, 0.25) is 0 Å². The van der Waals surface area contributed by atoms with E-state index in [1.165, 1.54) is 11.6 Å². The van der Waals surface area contributed by atoms with Crippen molar-refractivity contribution in [3.05, 3.63) is 62.7 Å². The number of aromatic hydroxyl groups is 1. The number of rotatable bonds is 4. The largest absolute Gasteiger partial charge is 0.507 e. The van der Waals surface area contributed by atoms with Crippen LogP contribution in [0.1, 0.15) is 28.4 Å². The van der Waals surface area contributed by atoms with Crippen LogP contribution >= 0.6 is 22.6 Å². The zero-order chi connectivity index (χ0) is 14.5. The van der Waals surface area contributed by atoms with E-state index in [9.17, 15) is 9.90 Å². The molecule has 0 aliphatic carbocycles. The van der Waals surface area contributed by atoms with Crippen molar-refractivity contribution in [1.82, 2.24) is 5.32 Å². The maximum atomic E-state index is 12.1. The SMILES string of the molecule is CCc1ccccc1CNC(=O)c1ccc(I)c(O)c1. The van der Waals surface area contributed by atoms with Crippen molar-refractivity contribution in [2.24, 2.45) is 0 Å². The van der Waals surface area contributed by atoms with Gasteiger partial charge in [-0.25, -0.2) is 0 Å². The van der Waals surface area contributed by atoms with E-state index in [-0.39, 0.29) is 11.7 Å². The number of phenols is 1. The molecule has 2 aromatic rings. The third kappa shape index (κ3) is 3.50. The second-order valence-electron chi connectivity index (χ2n) is 4.47. The monoisotopic (exact) mass is 381 g/mol. The molecule has 0 aromatic heterocycles. The van der Waals surface area contributed by atoms with Crippen LogP contribution in [-0.2, 0) is 13.0 Å². The van der Waals surface area contributed by atoms with Crippen LogP contribution in [0.2, 0.25) is 0 Å². The molecule has 0 aliphatic rings. The minimum Gasteiger partial charge on any atom is -0.507 e. The molecule has 0 saturated carbocycles. The molecule has 0 aliphatic heterocycles. The fraction of sp³-hybridized carbons (Fsp3) is 0.188. The molecular formula is C16H16INO2. The van der Waals surface area contributed by atoms with Crippen molar-refractivity contribution in [3.8, 4) is 5.75 Å². The second-order valence-corrected chi connectivity index (χ2v) is 5.63. The number of carbonyl (C=O) groups is 1. The van der Waals surface area contributed by atoms with Gasteiger partial charge >= 0.3 is 0 Å². The van der Waals surface area contributed by atoms with Crippen LogP contribution in [0.5, 0.6) is 5.75 Å². The molecule has 1 amide bonds. The average molecular weight is 381 g/mol. The van der Waals surface area contributed by atoms with E-state index in [0.717, 1.165) is 15.6 Å². The lowest BCUT2D eigenvalue weighted by Crippen LogP contribution is -2.23. The first-order valence-electron chi connectivity index (χ1n) is 6.45. The number of halogens is 1. The lowest BCUT2D eigenvalue weighted by Gasteiger charge is -2.09. The first-order valence-corrected chi connectivity index (χ1v) is 7.53. The zero-order valence-corrected chi connectivity index (χ0v) is 13.3. The Balaban J connectivity index is 2.06. The van der Waals surface area contributed by atoms with Crippen LogP contribution < -0.4 is 5.32 Å². The highest BCUT2D eigenvalue weighted by molar-refractivity contribution is 14.1. The average Bonchev–Trinajstić information content (AvgIpc) is 2.47. The summed E-state index contributed by atoms with van der Waals surface area (Å²) in [6.45, 7) is 2.59. The molecule has 2 rings (SSSR count). The molecule has 0 heterocycles. The summed E-state index contributed by atoms with van der Waals surface area (Å²) in [5, 5.41) is 12.5. The summed E-state index contributed by atoms with van der Waals surface area (Å²) in [5.74, 6) is -0.0465. The van der Waals surface area contributed by atoms with Crippen LogP contribution in [0.25, 0.3) is 0 Å². The molecule has 0 saturated heterocycles. The Labute approximate surface area is 132 Å². The van der Waals surface area contributed by atoms with Gasteiger partial charge in [0.1, 0.15) is 5.75 Å². The Morgan fingerprint density at radius 2 is 1.90 bits per heavy atom. The number of phenolic OH excluding ortho intramolecular Hbond substituents is 1. The highest BCUT2D eigenvalue weighted by Crippen LogP contribution is 2.20. The Morgan fingerprint density at radius 3 is 2.55 bits per heavy atom. The molecule has 104 valence electrons. The van der Waals surface area contributed by atoms with Gasteiger partial charge in [-0.2, -0.15) is 0 Å². The third-order valence-electron chi connectivity index (χ3n) is 3.15. The highest BCUT2D eigenvalue weighted by atomic mass is 127. The van der Waals surface area contributed by atoms with Gasteiger partial charge in [0.15, 0.2) is 0 Å². The van der Waals surface area contributed by atoms with E-state index >= 15 is 0 Å². The van der Waals surface area contributed by atoms with Gasteiger partial charge in [-0.1, -0.05) is 31.2 Å². The first kappa shape index (κ1) is 14.8. The van der Waals surface area contributed by atoms with Gasteiger partial charge in [0.25, 0.3) is 5.91 Å². The summed E-state index contributed by atoms with van der Waals surface area (Å²) in [6.07, 6.45) is 0.941. The molecule has 0 fully saturated rings. The summed E-state index contributed by atoms with van der Waals surface area (Å²) < 4.78 is 0.732.